The number of amides is 2. The molecule has 158 valence electrons. The lowest BCUT2D eigenvalue weighted by Crippen LogP contribution is -2.52. The third-order valence-electron chi connectivity index (χ3n) is 6.36. The topological polar surface area (TPSA) is 74.8 Å². The summed E-state index contributed by atoms with van der Waals surface area (Å²) in [6, 6.07) is 3.53. The maximum Gasteiger partial charge on any atom is 0.253 e. The lowest BCUT2D eigenvalue weighted by atomic mass is 9.95. The highest BCUT2D eigenvalue weighted by Crippen LogP contribution is 2.31. The van der Waals surface area contributed by atoms with Crippen molar-refractivity contribution < 1.29 is 14.3 Å². The summed E-state index contributed by atoms with van der Waals surface area (Å²) in [7, 11) is 0. The first kappa shape index (κ1) is 20.3. The quantitative estimate of drug-likeness (QED) is 0.750. The highest BCUT2D eigenvalue weighted by Gasteiger charge is 2.31. The zero-order valence-corrected chi connectivity index (χ0v) is 17.3. The number of rotatable bonds is 7. The Balaban J connectivity index is 1.22. The standard InChI is InChI=1S/C22H32N4O3/c1-16-20(3-2-8-23-16)22(28)24-11-19-14-26(21(27)15-29-19)13-18-6-9-25(10-7-18)12-17-4-5-17/h2-3,8,17-19H,4-7,9-15H2,1H3,(H,24,28)/t19-/m0/s1. The number of hydrogen-bond acceptors (Lipinski definition) is 5. The van der Waals surface area contributed by atoms with E-state index in [4.69, 9.17) is 4.74 Å². The smallest absolute Gasteiger partial charge is 0.253 e. The van der Waals surface area contributed by atoms with E-state index in [1.54, 1.807) is 18.3 Å². The molecule has 2 aliphatic heterocycles. The average molecular weight is 401 g/mol. The van der Waals surface area contributed by atoms with Crippen LogP contribution in [0.4, 0.5) is 0 Å². The summed E-state index contributed by atoms with van der Waals surface area (Å²) in [5.41, 5.74) is 1.29. The summed E-state index contributed by atoms with van der Waals surface area (Å²) < 4.78 is 5.66. The summed E-state index contributed by atoms with van der Waals surface area (Å²) in [4.78, 5) is 33.4. The first-order valence-electron chi connectivity index (χ1n) is 10.9. The highest BCUT2D eigenvalue weighted by atomic mass is 16.5. The molecule has 2 amide bonds. The Hall–Kier alpha value is -1.99. The number of ether oxygens (including phenoxy) is 1. The Morgan fingerprint density at radius 2 is 1.97 bits per heavy atom. The van der Waals surface area contributed by atoms with Crippen molar-refractivity contribution in [3.63, 3.8) is 0 Å². The third kappa shape index (κ3) is 5.54. The van der Waals surface area contributed by atoms with E-state index in [1.807, 2.05) is 11.8 Å². The van der Waals surface area contributed by atoms with Crippen molar-refractivity contribution in [2.45, 2.75) is 38.7 Å². The first-order valence-corrected chi connectivity index (χ1v) is 10.9. The van der Waals surface area contributed by atoms with Crippen molar-refractivity contribution >= 4 is 11.8 Å². The van der Waals surface area contributed by atoms with Gasteiger partial charge in [-0.3, -0.25) is 14.6 Å². The second kappa shape index (κ2) is 9.22. The van der Waals surface area contributed by atoms with E-state index < -0.39 is 0 Å². The molecule has 7 nitrogen and oxygen atoms in total. The zero-order chi connectivity index (χ0) is 20.2. The van der Waals surface area contributed by atoms with Crippen molar-refractivity contribution in [1.29, 1.82) is 0 Å². The maximum absolute atomic E-state index is 12.4. The van der Waals surface area contributed by atoms with Crippen LogP contribution in [0.5, 0.6) is 0 Å². The fourth-order valence-corrected chi connectivity index (χ4v) is 4.34. The number of aromatic nitrogens is 1. The number of nitrogens with zero attached hydrogens (tertiary/aromatic N) is 3. The number of carbonyl (C=O) groups is 2. The Morgan fingerprint density at radius 1 is 1.21 bits per heavy atom. The summed E-state index contributed by atoms with van der Waals surface area (Å²) >= 11 is 0. The van der Waals surface area contributed by atoms with Gasteiger partial charge in [0.1, 0.15) is 6.61 Å². The van der Waals surface area contributed by atoms with Gasteiger partial charge in [-0.15, -0.1) is 0 Å². The van der Waals surface area contributed by atoms with Crippen LogP contribution in [0.1, 0.15) is 41.7 Å². The zero-order valence-electron chi connectivity index (χ0n) is 17.3. The van der Waals surface area contributed by atoms with Crippen molar-refractivity contribution in [1.82, 2.24) is 20.1 Å². The lowest BCUT2D eigenvalue weighted by molar-refractivity contribution is -0.149. The Labute approximate surface area is 172 Å². The van der Waals surface area contributed by atoms with E-state index in [9.17, 15) is 9.59 Å². The normalized spacial score (nSPS) is 24.0. The van der Waals surface area contributed by atoms with Crippen LogP contribution >= 0.6 is 0 Å². The van der Waals surface area contributed by atoms with Gasteiger partial charge < -0.3 is 19.9 Å². The van der Waals surface area contributed by atoms with E-state index in [1.165, 1.54) is 32.2 Å². The van der Waals surface area contributed by atoms with Crippen LogP contribution in [-0.2, 0) is 9.53 Å². The SMILES string of the molecule is Cc1ncccc1C(=O)NC[C@H]1CN(CC2CCN(CC3CC3)CC2)C(=O)CO1. The molecule has 3 aliphatic rings. The van der Waals surface area contributed by atoms with Crippen LogP contribution in [0.25, 0.3) is 0 Å². The molecular weight excluding hydrogens is 368 g/mol. The summed E-state index contributed by atoms with van der Waals surface area (Å²) in [5, 5.41) is 2.93. The minimum absolute atomic E-state index is 0.0658. The maximum atomic E-state index is 12.4. The minimum atomic E-state index is -0.163. The molecule has 0 bridgehead atoms. The molecule has 1 aromatic heterocycles. The molecule has 1 aliphatic carbocycles. The van der Waals surface area contributed by atoms with Gasteiger partial charge in [0.2, 0.25) is 5.91 Å². The van der Waals surface area contributed by atoms with Gasteiger partial charge in [-0.2, -0.15) is 0 Å². The number of morpholine rings is 1. The number of pyridine rings is 1. The Kier molecular flexibility index (Phi) is 6.45. The molecule has 1 atom stereocenters. The van der Waals surface area contributed by atoms with Crippen molar-refractivity contribution in [3.05, 3.63) is 29.6 Å². The Bertz CT molecular complexity index is 729. The lowest BCUT2D eigenvalue weighted by Gasteiger charge is -2.38. The van der Waals surface area contributed by atoms with E-state index in [0.29, 0.717) is 30.3 Å². The number of aryl methyl sites for hydroxylation is 1. The predicted octanol–water partition coefficient (Wildman–Crippen LogP) is 1.47. The molecular formula is C22H32N4O3. The number of piperidine rings is 1. The molecule has 7 heteroatoms. The molecule has 0 unspecified atom stereocenters. The summed E-state index contributed by atoms with van der Waals surface area (Å²) in [6.07, 6.45) is 6.65. The van der Waals surface area contributed by atoms with Gasteiger partial charge in [-0.1, -0.05) is 0 Å². The fraction of sp³-hybridized carbons (Fsp3) is 0.682. The van der Waals surface area contributed by atoms with Gasteiger partial charge >= 0.3 is 0 Å². The van der Waals surface area contributed by atoms with Gasteiger partial charge in [0.05, 0.1) is 11.7 Å². The number of likely N-dealkylation sites (tertiary alicyclic amines) is 1. The van der Waals surface area contributed by atoms with E-state index in [-0.39, 0.29) is 24.5 Å². The first-order chi connectivity index (χ1) is 14.1. The molecule has 0 spiro atoms. The number of carbonyl (C=O) groups excluding carboxylic acids is 2. The molecule has 1 aromatic rings. The second-order valence-electron chi connectivity index (χ2n) is 8.77. The summed E-state index contributed by atoms with van der Waals surface area (Å²) in [6.45, 7) is 7.26. The van der Waals surface area contributed by atoms with Crippen molar-refractivity contribution in [3.8, 4) is 0 Å². The third-order valence-corrected chi connectivity index (χ3v) is 6.36. The molecule has 3 fully saturated rings. The number of nitrogens with one attached hydrogen (secondary N) is 1. The monoisotopic (exact) mass is 400 g/mol. The van der Waals surface area contributed by atoms with Crippen LogP contribution in [0.15, 0.2) is 18.3 Å². The summed E-state index contributed by atoms with van der Waals surface area (Å²) in [5.74, 6) is 1.43. The molecule has 3 heterocycles. The van der Waals surface area contributed by atoms with E-state index in [2.05, 4.69) is 15.2 Å². The van der Waals surface area contributed by atoms with Crippen LogP contribution in [0.2, 0.25) is 0 Å². The van der Waals surface area contributed by atoms with Gasteiger partial charge in [0.15, 0.2) is 0 Å². The largest absolute Gasteiger partial charge is 0.365 e. The minimum Gasteiger partial charge on any atom is -0.365 e. The predicted molar refractivity (Wildman–Crippen MR) is 110 cm³/mol. The van der Waals surface area contributed by atoms with Crippen molar-refractivity contribution in [2.24, 2.45) is 11.8 Å². The molecule has 0 aromatic carbocycles. The molecule has 0 radical (unpaired) electrons. The van der Waals surface area contributed by atoms with Crippen LogP contribution in [-0.4, -0.2) is 78.6 Å². The molecule has 1 saturated carbocycles. The van der Waals surface area contributed by atoms with Gasteiger partial charge in [0.25, 0.3) is 5.91 Å². The van der Waals surface area contributed by atoms with Gasteiger partial charge in [-0.25, -0.2) is 0 Å². The van der Waals surface area contributed by atoms with Crippen LogP contribution in [0.3, 0.4) is 0 Å². The molecule has 1 N–H and O–H groups in total. The average Bonchev–Trinajstić information content (AvgIpc) is 3.54. The molecule has 4 rings (SSSR count). The highest BCUT2D eigenvalue weighted by molar-refractivity contribution is 5.95. The van der Waals surface area contributed by atoms with Gasteiger partial charge in [0, 0.05) is 38.1 Å². The fourth-order valence-electron chi connectivity index (χ4n) is 4.34. The van der Waals surface area contributed by atoms with Crippen molar-refractivity contribution in [2.75, 3.05) is 45.9 Å². The van der Waals surface area contributed by atoms with Gasteiger partial charge in [-0.05, 0) is 69.7 Å². The molecule has 29 heavy (non-hydrogen) atoms. The second-order valence-corrected chi connectivity index (χ2v) is 8.77. The van der Waals surface area contributed by atoms with Crippen LogP contribution in [0, 0.1) is 18.8 Å². The van der Waals surface area contributed by atoms with Crippen LogP contribution < -0.4 is 5.32 Å². The Morgan fingerprint density at radius 3 is 2.69 bits per heavy atom. The molecule has 2 saturated heterocycles. The number of hydrogen-bond donors (Lipinski definition) is 1. The van der Waals surface area contributed by atoms with E-state index >= 15 is 0 Å². The van der Waals surface area contributed by atoms with E-state index in [0.717, 1.165) is 25.6 Å².